The summed E-state index contributed by atoms with van der Waals surface area (Å²) in [7, 11) is 1.54. The van der Waals surface area contributed by atoms with Gasteiger partial charge in [-0.25, -0.2) is 0 Å². The summed E-state index contributed by atoms with van der Waals surface area (Å²) >= 11 is 0. The van der Waals surface area contributed by atoms with Crippen LogP contribution in [-0.2, 0) is 16.1 Å². The first kappa shape index (κ1) is 18.1. The quantitative estimate of drug-likeness (QED) is 0.829. The molecule has 0 spiro atoms. The highest BCUT2D eigenvalue weighted by atomic mass is 16.5. The van der Waals surface area contributed by atoms with Crippen molar-refractivity contribution >= 4 is 11.8 Å². The first-order chi connectivity index (χ1) is 11.5. The summed E-state index contributed by atoms with van der Waals surface area (Å²) in [5.74, 6) is 0.545. The van der Waals surface area contributed by atoms with Gasteiger partial charge in [-0.3, -0.25) is 9.59 Å². The number of carbonyl (C=O) groups is 2. The number of nitrogens with two attached hydrogens (primary N) is 1. The molecular formula is C18H26N2O4. The van der Waals surface area contributed by atoms with Crippen molar-refractivity contribution in [2.24, 2.45) is 5.73 Å². The maximum absolute atomic E-state index is 12.1. The number of hydrogen-bond acceptors (Lipinski definition) is 4. The van der Waals surface area contributed by atoms with Crippen LogP contribution >= 0.6 is 0 Å². The normalized spacial score (nSPS) is 14.9. The van der Waals surface area contributed by atoms with Gasteiger partial charge in [0.05, 0.1) is 7.11 Å². The summed E-state index contributed by atoms with van der Waals surface area (Å²) < 4.78 is 10.7. The van der Waals surface area contributed by atoms with E-state index in [0.717, 1.165) is 18.4 Å². The SMILES string of the molecule is COc1cc(CN(C(C)=O)C2CCCCC2)ccc1OCC(N)=O. The minimum Gasteiger partial charge on any atom is -0.493 e. The van der Waals surface area contributed by atoms with Gasteiger partial charge in [0.2, 0.25) is 5.91 Å². The highest BCUT2D eigenvalue weighted by Crippen LogP contribution is 2.30. The molecule has 0 saturated heterocycles. The standard InChI is InChI=1S/C18H26N2O4/c1-13(21)20(15-6-4-3-5-7-15)11-14-8-9-16(17(10-14)23-2)24-12-18(19)22/h8-10,15H,3-7,11-12H2,1-2H3,(H2,19,22). The molecule has 6 nitrogen and oxygen atoms in total. The van der Waals surface area contributed by atoms with E-state index < -0.39 is 5.91 Å². The highest BCUT2D eigenvalue weighted by Gasteiger charge is 2.23. The van der Waals surface area contributed by atoms with Crippen LogP contribution < -0.4 is 15.2 Å². The van der Waals surface area contributed by atoms with Crippen LogP contribution in [0.5, 0.6) is 11.5 Å². The third kappa shape index (κ3) is 4.88. The van der Waals surface area contributed by atoms with Gasteiger partial charge in [-0.05, 0) is 30.5 Å². The predicted octanol–water partition coefficient (Wildman–Crippen LogP) is 2.24. The van der Waals surface area contributed by atoms with Crippen LogP contribution in [0.4, 0.5) is 0 Å². The number of rotatable bonds is 7. The Morgan fingerprint density at radius 1 is 1.21 bits per heavy atom. The Balaban J connectivity index is 2.11. The number of ether oxygens (including phenoxy) is 2. The monoisotopic (exact) mass is 334 g/mol. The van der Waals surface area contributed by atoms with Crippen LogP contribution in [0, 0.1) is 0 Å². The van der Waals surface area contributed by atoms with Crippen molar-refractivity contribution < 1.29 is 19.1 Å². The van der Waals surface area contributed by atoms with Gasteiger partial charge in [0.1, 0.15) is 0 Å². The molecule has 1 aromatic carbocycles. The van der Waals surface area contributed by atoms with Crippen molar-refractivity contribution in [2.75, 3.05) is 13.7 Å². The Kier molecular flexibility index (Phi) is 6.46. The number of carbonyl (C=O) groups excluding carboxylic acids is 2. The number of methoxy groups -OCH3 is 1. The lowest BCUT2D eigenvalue weighted by Crippen LogP contribution is -2.39. The highest BCUT2D eigenvalue weighted by molar-refractivity contribution is 5.75. The number of benzene rings is 1. The molecule has 2 amide bonds. The summed E-state index contributed by atoms with van der Waals surface area (Å²) in [5.41, 5.74) is 6.07. The van der Waals surface area contributed by atoms with E-state index >= 15 is 0 Å². The van der Waals surface area contributed by atoms with E-state index in [1.807, 2.05) is 17.0 Å². The number of amides is 2. The van der Waals surface area contributed by atoms with Gasteiger partial charge in [0.25, 0.3) is 5.91 Å². The maximum atomic E-state index is 12.1. The Labute approximate surface area is 142 Å². The summed E-state index contributed by atoms with van der Waals surface area (Å²) in [6, 6.07) is 5.79. The van der Waals surface area contributed by atoms with E-state index in [4.69, 9.17) is 15.2 Å². The molecule has 0 unspecified atom stereocenters. The molecule has 1 aliphatic rings. The fourth-order valence-electron chi connectivity index (χ4n) is 3.17. The third-order valence-corrected chi connectivity index (χ3v) is 4.37. The smallest absolute Gasteiger partial charge is 0.255 e. The van der Waals surface area contributed by atoms with Gasteiger partial charge in [0, 0.05) is 19.5 Å². The average molecular weight is 334 g/mol. The molecule has 1 aliphatic carbocycles. The molecule has 1 aromatic rings. The zero-order valence-electron chi connectivity index (χ0n) is 14.4. The molecule has 0 aromatic heterocycles. The molecule has 6 heteroatoms. The fraction of sp³-hybridized carbons (Fsp3) is 0.556. The summed E-state index contributed by atoms with van der Waals surface area (Å²) in [5, 5.41) is 0. The molecule has 1 fully saturated rings. The van der Waals surface area contributed by atoms with Crippen LogP contribution in [0.25, 0.3) is 0 Å². The largest absolute Gasteiger partial charge is 0.493 e. The van der Waals surface area contributed by atoms with Gasteiger partial charge in [0.15, 0.2) is 18.1 Å². The first-order valence-electron chi connectivity index (χ1n) is 8.36. The minimum absolute atomic E-state index is 0.0925. The van der Waals surface area contributed by atoms with E-state index in [1.165, 1.54) is 19.3 Å². The van der Waals surface area contributed by atoms with Crippen molar-refractivity contribution in [2.45, 2.75) is 51.6 Å². The molecule has 0 radical (unpaired) electrons. The van der Waals surface area contributed by atoms with Gasteiger partial charge < -0.3 is 20.1 Å². The van der Waals surface area contributed by atoms with Gasteiger partial charge >= 0.3 is 0 Å². The van der Waals surface area contributed by atoms with Crippen LogP contribution in [0.3, 0.4) is 0 Å². The number of hydrogen-bond donors (Lipinski definition) is 1. The lowest BCUT2D eigenvalue weighted by atomic mass is 9.93. The van der Waals surface area contributed by atoms with Crippen molar-refractivity contribution in [3.8, 4) is 11.5 Å². The number of nitrogens with zero attached hydrogens (tertiary/aromatic N) is 1. The van der Waals surface area contributed by atoms with Crippen molar-refractivity contribution in [1.29, 1.82) is 0 Å². The van der Waals surface area contributed by atoms with E-state index in [9.17, 15) is 9.59 Å². The zero-order valence-corrected chi connectivity index (χ0v) is 14.4. The minimum atomic E-state index is -0.541. The Morgan fingerprint density at radius 2 is 1.92 bits per heavy atom. The van der Waals surface area contributed by atoms with Crippen molar-refractivity contribution in [3.05, 3.63) is 23.8 Å². The Morgan fingerprint density at radius 3 is 2.50 bits per heavy atom. The Bertz CT molecular complexity index is 582. The second-order valence-electron chi connectivity index (χ2n) is 6.18. The summed E-state index contributed by atoms with van der Waals surface area (Å²) in [4.78, 5) is 24.9. The van der Waals surface area contributed by atoms with Crippen molar-refractivity contribution in [3.63, 3.8) is 0 Å². The summed E-state index contributed by atoms with van der Waals surface area (Å²) in [6.45, 7) is 1.97. The van der Waals surface area contributed by atoms with E-state index in [2.05, 4.69) is 0 Å². The van der Waals surface area contributed by atoms with Crippen LogP contribution in [0.1, 0.15) is 44.6 Å². The van der Waals surface area contributed by atoms with Gasteiger partial charge in [-0.1, -0.05) is 25.3 Å². The molecule has 24 heavy (non-hydrogen) atoms. The molecule has 0 aliphatic heterocycles. The topological polar surface area (TPSA) is 81.9 Å². The molecule has 2 N–H and O–H groups in total. The summed E-state index contributed by atoms with van der Waals surface area (Å²) in [6.07, 6.45) is 5.74. The molecule has 0 atom stereocenters. The van der Waals surface area contributed by atoms with E-state index in [0.29, 0.717) is 24.1 Å². The second kappa shape index (κ2) is 8.57. The van der Waals surface area contributed by atoms with Gasteiger partial charge in [-0.2, -0.15) is 0 Å². The van der Waals surface area contributed by atoms with Crippen molar-refractivity contribution in [1.82, 2.24) is 4.90 Å². The molecule has 1 saturated carbocycles. The lowest BCUT2D eigenvalue weighted by molar-refractivity contribution is -0.132. The Hall–Kier alpha value is -2.24. The fourth-order valence-corrected chi connectivity index (χ4v) is 3.17. The maximum Gasteiger partial charge on any atom is 0.255 e. The van der Waals surface area contributed by atoms with Gasteiger partial charge in [-0.15, -0.1) is 0 Å². The third-order valence-electron chi connectivity index (χ3n) is 4.37. The molecule has 132 valence electrons. The molecular weight excluding hydrogens is 308 g/mol. The van der Waals surface area contributed by atoms with E-state index in [-0.39, 0.29) is 12.5 Å². The first-order valence-corrected chi connectivity index (χ1v) is 8.36. The van der Waals surface area contributed by atoms with E-state index in [1.54, 1.807) is 20.1 Å². The zero-order chi connectivity index (χ0) is 17.5. The van der Waals surface area contributed by atoms with Crippen LogP contribution in [0.15, 0.2) is 18.2 Å². The lowest BCUT2D eigenvalue weighted by Gasteiger charge is -2.34. The molecule has 2 rings (SSSR count). The molecule has 0 bridgehead atoms. The number of primary amides is 1. The average Bonchev–Trinajstić information content (AvgIpc) is 2.58. The second-order valence-corrected chi connectivity index (χ2v) is 6.18. The molecule has 0 heterocycles. The van der Waals surface area contributed by atoms with Crippen LogP contribution in [-0.4, -0.2) is 36.5 Å². The predicted molar refractivity (Wildman–Crippen MR) is 90.8 cm³/mol. The van der Waals surface area contributed by atoms with Crippen LogP contribution in [0.2, 0.25) is 0 Å².